The zero-order valence-electron chi connectivity index (χ0n) is 20.4. The second-order valence-corrected chi connectivity index (χ2v) is 11.1. The van der Waals surface area contributed by atoms with Gasteiger partial charge in [0.15, 0.2) is 0 Å². The first kappa shape index (κ1) is 25.1. The molecule has 0 atom stereocenters. The van der Waals surface area contributed by atoms with E-state index in [4.69, 9.17) is 0 Å². The molecule has 0 saturated carbocycles. The number of amides is 1. The van der Waals surface area contributed by atoms with E-state index < -0.39 is 10.0 Å². The number of sulfonamides is 1. The van der Waals surface area contributed by atoms with Gasteiger partial charge in [-0.05, 0) is 23.6 Å². The van der Waals surface area contributed by atoms with E-state index in [1.807, 2.05) is 43.3 Å². The second kappa shape index (κ2) is 11.2. The summed E-state index contributed by atoms with van der Waals surface area (Å²) in [6, 6.07) is 28.7. The van der Waals surface area contributed by atoms with Gasteiger partial charge in [0.1, 0.15) is 0 Å². The standard InChI is InChI=1S/C28H33N3O3S/c1-23-13-15-24(16-14-23)21-31(35(2,33)34)22-27(32)29-17-19-30(20-18-29)28(25-9-5-3-6-10-25)26-11-7-4-8-12-26/h3-16,28H,17-22H2,1-2H3. The number of carbonyl (C=O) groups is 1. The van der Waals surface area contributed by atoms with Crippen molar-refractivity contribution in [3.63, 3.8) is 0 Å². The molecule has 1 heterocycles. The molecular weight excluding hydrogens is 458 g/mol. The Morgan fingerprint density at radius 1 is 0.829 bits per heavy atom. The van der Waals surface area contributed by atoms with Crippen molar-refractivity contribution in [3.05, 3.63) is 107 Å². The Hall–Kier alpha value is -3.00. The van der Waals surface area contributed by atoms with E-state index in [0.717, 1.165) is 30.5 Å². The minimum absolute atomic E-state index is 0.115. The van der Waals surface area contributed by atoms with E-state index in [1.54, 1.807) is 4.90 Å². The zero-order valence-corrected chi connectivity index (χ0v) is 21.2. The summed E-state index contributed by atoms with van der Waals surface area (Å²) in [5.74, 6) is -0.154. The SMILES string of the molecule is Cc1ccc(CN(CC(=O)N2CCN(C(c3ccccc3)c3ccccc3)CC2)S(C)(=O)=O)cc1. The summed E-state index contributed by atoms with van der Waals surface area (Å²) in [4.78, 5) is 17.3. The predicted molar refractivity (Wildman–Crippen MR) is 139 cm³/mol. The van der Waals surface area contributed by atoms with Gasteiger partial charge in [-0.25, -0.2) is 8.42 Å². The molecule has 7 heteroatoms. The molecule has 3 aromatic rings. The molecule has 6 nitrogen and oxygen atoms in total. The number of nitrogens with zero attached hydrogens (tertiary/aromatic N) is 3. The first-order valence-electron chi connectivity index (χ1n) is 11.9. The molecule has 1 aliphatic rings. The maximum absolute atomic E-state index is 13.1. The molecule has 0 radical (unpaired) electrons. The highest BCUT2D eigenvalue weighted by molar-refractivity contribution is 7.88. The molecule has 35 heavy (non-hydrogen) atoms. The van der Waals surface area contributed by atoms with Crippen LogP contribution in [0.15, 0.2) is 84.9 Å². The lowest BCUT2D eigenvalue weighted by Gasteiger charge is -2.40. The van der Waals surface area contributed by atoms with Gasteiger partial charge < -0.3 is 4.90 Å². The van der Waals surface area contributed by atoms with Gasteiger partial charge in [-0.15, -0.1) is 0 Å². The molecule has 0 N–H and O–H groups in total. The Labute approximate surface area is 208 Å². The fourth-order valence-electron chi connectivity index (χ4n) is 4.55. The molecule has 0 unspecified atom stereocenters. The number of benzene rings is 3. The zero-order chi connectivity index (χ0) is 24.8. The van der Waals surface area contributed by atoms with Crippen LogP contribution in [0.25, 0.3) is 0 Å². The highest BCUT2D eigenvalue weighted by Gasteiger charge is 2.30. The minimum atomic E-state index is -3.53. The third-order valence-corrected chi connectivity index (χ3v) is 7.72. The van der Waals surface area contributed by atoms with Crippen molar-refractivity contribution in [2.45, 2.75) is 19.5 Å². The molecule has 1 aliphatic heterocycles. The van der Waals surface area contributed by atoms with Crippen molar-refractivity contribution in [1.82, 2.24) is 14.1 Å². The van der Waals surface area contributed by atoms with Crippen LogP contribution in [0.3, 0.4) is 0 Å². The molecule has 0 bridgehead atoms. The van der Waals surface area contributed by atoms with Crippen molar-refractivity contribution < 1.29 is 13.2 Å². The monoisotopic (exact) mass is 491 g/mol. The molecule has 0 spiro atoms. The molecular formula is C28H33N3O3S. The molecule has 0 aromatic heterocycles. The van der Waals surface area contributed by atoms with Gasteiger partial charge in [0.25, 0.3) is 0 Å². The van der Waals surface area contributed by atoms with E-state index in [1.165, 1.54) is 15.4 Å². The van der Waals surface area contributed by atoms with Gasteiger partial charge in [-0.2, -0.15) is 4.31 Å². The van der Waals surface area contributed by atoms with Crippen LogP contribution in [0.5, 0.6) is 0 Å². The number of aryl methyl sites for hydroxylation is 1. The molecule has 3 aromatic carbocycles. The second-order valence-electron chi connectivity index (χ2n) is 9.16. The lowest BCUT2D eigenvalue weighted by atomic mass is 9.96. The molecule has 4 rings (SSSR count). The van der Waals surface area contributed by atoms with Crippen molar-refractivity contribution in [2.24, 2.45) is 0 Å². The van der Waals surface area contributed by atoms with Crippen LogP contribution in [-0.4, -0.2) is 67.4 Å². The van der Waals surface area contributed by atoms with Crippen LogP contribution < -0.4 is 0 Å². The van der Waals surface area contributed by atoms with Crippen molar-refractivity contribution in [2.75, 3.05) is 39.0 Å². The number of hydrogen-bond acceptors (Lipinski definition) is 4. The highest BCUT2D eigenvalue weighted by atomic mass is 32.2. The average molecular weight is 492 g/mol. The van der Waals surface area contributed by atoms with E-state index in [0.29, 0.717) is 13.1 Å². The third-order valence-electron chi connectivity index (χ3n) is 6.52. The van der Waals surface area contributed by atoms with Crippen molar-refractivity contribution in [3.8, 4) is 0 Å². The summed E-state index contributed by atoms with van der Waals surface area (Å²) in [6.07, 6.45) is 1.16. The van der Waals surface area contributed by atoms with Crippen LogP contribution >= 0.6 is 0 Å². The van der Waals surface area contributed by atoms with Crippen LogP contribution in [-0.2, 0) is 21.4 Å². The Morgan fingerprint density at radius 3 is 1.83 bits per heavy atom. The normalized spacial score (nSPS) is 15.0. The summed E-state index contributed by atoms with van der Waals surface area (Å²) >= 11 is 0. The summed E-state index contributed by atoms with van der Waals surface area (Å²) < 4.78 is 26.1. The largest absolute Gasteiger partial charge is 0.339 e. The fourth-order valence-corrected chi connectivity index (χ4v) is 5.28. The molecule has 1 amide bonds. The van der Waals surface area contributed by atoms with Crippen molar-refractivity contribution >= 4 is 15.9 Å². The number of hydrogen-bond donors (Lipinski definition) is 0. The maximum Gasteiger partial charge on any atom is 0.237 e. The quantitative estimate of drug-likeness (QED) is 0.482. The van der Waals surface area contributed by atoms with Gasteiger partial charge in [-0.1, -0.05) is 90.5 Å². The lowest BCUT2D eigenvalue weighted by molar-refractivity contribution is -0.133. The number of piperazine rings is 1. The first-order chi connectivity index (χ1) is 16.8. The Kier molecular flexibility index (Phi) is 8.00. The van der Waals surface area contributed by atoms with Crippen LogP contribution in [0.4, 0.5) is 0 Å². The maximum atomic E-state index is 13.1. The van der Waals surface area contributed by atoms with E-state index in [9.17, 15) is 13.2 Å². The van der Waals surface area contributed by atoms with Gasteiger partial charge >= 0.3 is 0 Å². The molecule has 184 valence electrons. The van der Waals surface area contributed by atoms with Gasteiger partial charge in [0, 0.05) is 32.7 Å². The highest BCUT2D eigenvalue weighted by Crippen LogP contribution is 2.29. The fraction of sp³-hybridized carbons (Fsp3) is 0.321. The Balaban J connectivity index is 1.43. The molecule has 0 aliphatic carbocycles. The average Bonchev–Trinajstić information content (AvgIpc) is 2.86. The number of carbonyl (C=O) groups excluding carboxylic acids is 1. The van der Waals surface area contributed by atoms with Crippen LogP contribution in [0.2, 0.25) is 0 Å². The molecule has 1 saturated heterocycles. The van der Waals surface area contributed by atoms with Crippen LogP contribution in [0, 0.1) is 6.92 Å². The summed E-state index contributed by atoms with van der Waals surface area (Å²) in [5.41, 5.74) is 4.42. The Bertz CT molecular complexity index is 1170. The van der Waals surface area contributed by atoms with Crippen molar-refractivity contribution in [1.29, 1.82) is 0 Å². The van der Waals surface area contributed by atoms with Gasteiger partial charge in [0.05, 0.1) is 18.8 Å². The van der Waals surface area contributed by atoms with E-state index in [2.05, 4.69) is 53.4 Å². The third kappa shape index (κ3) is 6.57. The predicted octanol–water partition coefficient (Wildman–Crippen LogP) is 3.69. The lowest BCUT2D eigenvalue weighted by Crippen LogP contribution is -2.52. The topological polar surface area (TPSA) is 60.9 Å². The first-order valence-corrected chi connectivity index (χ1v) is 13.8. The van der Waals surface area contributed by atoms with Crippen LogP contribution in [0.1, 0.15) is 28.3 Å². The summed E-state index contributed by atoms with van der Waals surface area (Å²) in [6.45, 7) is 4.60. The van der Waals surface area contributed by atoms with Gasteiger partial charge in [0.2, 0.25) is 15.9 Å². The summed E-state index contributed by atoms with van der Waals surface area (Å²) in [7, 11) is -3.53. The number of rotatable bonds is 8. The minimum Gasteiger partial charge on any atom is -0.339 e. The van der Waals surface area contributed by atoms with Gasteiger partial charge in [-0.3, -0.25) is 9.69 Å². The smallest absolute Gasteiger partial charge is 0.237 e. The van der Waals surface area contributed by atoms with E-state index in [-0.39, 0.29) is 25.0 Å². The summed E-state index contributed by atoms with van der Waals surface area (Å²) in [5, 5.41) is 0. The Morgan fingerprint density at radius 2 is 1.34 bits per heavy atom. The van der Waals surface area contributed by atoms with E-state index >= 15 is 0 Å². The molecule has 1 fully saturated rings.